The summed E-state index contributed by atoms with van der Waals surface area (Å²) in [6, 6.07) is 5.25. The molecule has 1 aliphatic rings. The molecule has 1 aromatic carbocycles. The molecule has 1 fully saturated rings. The minimum Gasteiger partial charge on any atom is -0.466 e. The monoisotopic (exact) mass is 377 g/mol. The van der Waals surface area contributed by atoms with Crippen LogP contribution >= 0.6 is 11.6 Å². The fourth-order valence-electron chi connectivity index (χ4n) is 3.58. The van der Waals surface area contributed by atoms with E-state index < -0.39 is 0 Å². The fraction of sp³-hybridized carbons (Fsp3) is 0.500. The molecular formula is C20H24ClNO4. The van der Waals surface area contributed by atoms with E-state index in [0.717, 1.165) is 42.3 Å². The second kappa shape index (κ2) is 8.23. The van der Waals surface area contributed by atoms with Gasteiger partial charge in [0.2, 0.25) is 0 Å². The molecule has 2 aromatic rings. The molecule has 0 bridgehead atoms. The van der Waals surface area contributed by atoms with Gasteiger partial charge < -0.3 is 9.15 Å². The molecule has 1 unspecified atom stereocenters. The number of halogens is 1. The van der Waals surface area contributed by atoms with Gasteiger partial charge in [-0.1, -0.05) is 18.5 Å². The van der Waals surface area contributed by atoms with E-state index in [4.69, 9.17) is 20.8 Å². The van der Waals surface area contributed by atoms with Crippen LogP contribution in [0, 0.1) is 5.92 Å². The smallest absolute Gasteiger partial charge is 0.336 e. The average Bonchev–Trinajstić information content (AvgIpc) is 2.62. The summed E-state index contributed by atoms with van der Waals surface area (Å²) in [5, 5.41) is 1.53. The van der Waals surface area contributed by atoms with Gasteiger partial charge in [0.05, 0.1) is 12.5 Å². The lowest BCUT2D eigenvalue weighted by Crippen LogP contribution is -2.39. The highest BCUT2D eigenvalue weighted by atomic mass is 35.5. The topological polar surface area (TPSA) is 59.8 Å². The quantitative estimate of drug-likeness (QED) is 0.586. The van der Waals surface area contributed by atoms with Gasteiger partial charge in [0.15, 0.2) is 0 Å². The van der Waals surface area contributed by atoms with Crippen LogP contribution in [0.25, 0.3) is 11.0 Å². The number of hydrogen-bond donors (Lipinski definition) is 0. The highest BCUT2D eigenvalue weighted by molar-refractivity contribution is 6.32. The summed E-state index contributed by atoms with van der Waals surface area (Å²) in [6.45, 7) is 6.35. The summed E-state index contributed by atoms with van der Waals surface area (Å²) < 4.78 is 10.5. The van der Waals surface area contributed by atoms with Gasteiger partial charge in [0.1, 0.15) is 5.58 Å². The van der Waals surface area contributed by atoms with E-state index in [0.29, 0.717) is 30.3 Å². The zero-order chi connectivity index (χ0) is 18.7. The first-order valence-electron chi connectivity index (χ1n) is 9.16. The Morgan fingerprint density at radius 3 is 2.85 bits per heavy atom. The van der Waals surface area contributed by atoms with Crippen LogP contribution in [-0.2, 0) is 22.5 Å². The van der Waals surface area contributed by atoms with Gasteiger partial charge in [0, 0.05) is 29.6 Å². The predicted molar refractivity (Wildman–Crippen MR) is 102 cm³/mol. The fourth-order valence-corrected chi connectivity index (χ4v) is 3.88. The Labute approximate surface area is 157 Å². The number of benzene rings is 1. The summed E-state index contributed by atoms with van der Waals surface area (Å²) >= 11 is 6.36. The molecule has 0 amide bonds. The van der Waals surface area contributed by atoms with Crippen LogP contribution in [0.2, 0.25) is 5.02 Å². The molecular weight excluding hydrogens is 354 g/mol. The van der Waals surface area contributed by atoms with Gasteiger partial charge in [-0.15, -0.1) is 0 Å². The minimum atomic E-state index is -0.365. The zero-order valence-electron chi connectivity index (χ0n) is 15.2. The second-order valence-corrected chi connectivity index (χ2v) is 7.12. The molecule has 1 atom stereocenters. The molecule has 0 N–H and O–H groups in total. The molecule has 0 saturated carbocycles. The van der Waals surface area contributed by atoms with Crippen molar-refractivity contribution in [2.24, 2.45) is 5.92 Å². The van der Waals surface area contributed by atoms with E-state index in [1.54, 1.807) is 0 Å². The summed E-state index contributed by atoms with van der Waals surface area (Å²) in [4.78, 5) is 26.2. The number of piperidine rings is 1. The number of ether oxygens (including phenoxy) is 1. The lowest BCUT2D eigenvalue weighted by Gasteiger charge is -2.31. The molecule has 6 heteroatoms. The molecule has 140 valence electrons. The summed E-state index contributed by atoms with van der Waals surface area (Å²) in [6.07, 6.45) is 2.55. The first-order chi connectivity index (χ1) is 12.5. The van der Waals surface area contributed by atoms with Crippen molar-refractivity contribution in [1.29, 1.82) is 0 Å². The Hall–Kier alpha value is -1.85. The van der Waals surface area contributed by atoms with Crippen LogP contribution in [0.5, 0.6) is 0 Å². The number of nitrogens with zero attached hydrogens (tertiary/aromatic N) is 1. The van der Waals surface area contributed by atoms with Gasteiger partial charge in [-0.25, -0.2) is 4.79 Å². The molecule has 26 heavy (non-hydrogen) atoms. The van der Waals surface area contributed by atoms with Crippen LogP contribution in [0.1, 0.15) is 37.8 Å². The van der Waals surface area contributed by atoms with Gasteiger partial charge in [-0.3, -0.25) is 9.69 Å². The molecule has 0 radical (unpaired) electrons. The lowest BCUT2D eigenvalue weighted by atomic mass is 9.97. The van der Waals surface area contributed by atoms with E-state index in [9.17, 15) is 9.59 Å². The largest absolute Gasteiger partial charge is 0.466 e. The number of carbonyl (C=O) groups excluding carboxylic acids is 1. The lowest BCUT2D eigenvalue weighted by molar-refractivity contribution is -0.150. The van der Waals surface area contributed by atoms with E-state index in [1.807, 2.05) is 26.0 Å². The normalized spacial score (nSPS) is 18.2. The van der Waals surface area contributed by atoms with Crippen molar-refractivity contribution in [2.45, 2.75) is 39.7 Å². The van der Waals surface area contributed by atoms with Gasteiger partial charge in [-0.05, 0) is 56.0 Å². The highest BCUT2D eigenvalue weighted by Gasteiger charge is 2.27. The predicted octanol–water partition coefficient (Wildman–Crippen LogP) is 3.78. The molecule has 1 aliphatic heterocycles. The maximum absolute atomic E-state index is 12.0. The van der Waals surface area contributed by atoms with E-state index in [-0.39, 0.29) is 17.5 Å². The molecule has 5 nitrogen and oxygen atoms in total. The average molecular weight is 378 g/mol. The SMILES string of the molecule is CCOC(=O)C1CCCN(Cc2cc(=O)oc3cc(CC)c(Cl)cc23)C1. The van der Waals surface area contributed by atoms with Gasteiger partial charge in [-0.2, -0.15) is 0 Å². The Kier molecular flexibility index (Phi) is 5.99. The first kappa shape index (κ1) is 18.9. The Bertz CT molecular complexity index is 861. The van der Waals surface area contributed by atoms with Crippen molar-refractivity contribution in [3.8, 4) is 0 Å². The first-order valence-corrected chi connectivity index (χ1v) is 9.53. The summed E-state index contributed by atoms with van der Waals surface area (Å²) in [5.41, 5.74) is 2.04. The molecule has 0 spiro atoms. The van der Waals surface area contributed by atoms with Crippen LogP contribution in [0.4, 0.5) is 0 Å². The van der Waals surface area contributed by atoms with E-state index in [2.05, 4.69) is 4.90 Å². The number of hydrogen-bond acceptors (Lipinski definition) is 5. The van der Waals surface area contributed by atoms with Crippen molar-refractivity contribution < 1.29 is 13.9 Å². The zero-order valence-corrected chi connectivity index (χ0v) is 16.0. The van der Waals surface area contributed by atoms with E-state index in [1.165, 1.54) is 6.07 Å². The van der Waals surface area contributed by atoms with Crippen LogP contribution in [0.15, 0.2) is 27.4 Å². The number of carbonyl (C=O) groups is 1. The Balaban J connectivity index is 1.87. The molecule has 1 aromatic heterocycles. The van der Waals surface area contributed by atoms with Crippen LogP contribution < -0.4 is 5.63 Å². The molecule has 0 aliphatic carbocycles. The maximum atomic E-state index is 12.0. The Morgan fingerprint density at radius 1 is 1.31 bits per heavy atom. The molecule has 3 rings (SSSR count). The third-order valence-corrected chi connectivity index (χ3v) is 5.25. The number of likely N-dealkylation sites (tertiary alicyclic amines) is 1. The van der Waals surface area contributed by atoms with Crippen molar-refractivity contribution in [1.82, 2.24) is 4.90 Å². The summed E-state index contributed by atoms with van der Waals surface area (Å²) in [7, 11) is 0. The van der Waals surface area contributed by atoms with Crippen molar-refractivity contribution >= 4 is 28.5 Å². The van der Waals surface area contributed by atoms with Crippen molar-refractivity contribution in [3.63, 3.8) is 0 Å². The molecule has 1 saturated heterocycles. The van der Waals surface area contributed by atoms with E-state index >= 15 is 0 Å². The third kappa shape index (κ3) is 4.10. The number of aryl methyl sites for hydroxylation is 1. The van der Waals surface area contributed by atoms with Crippen LogP contribution in [-0.4, -0.2) is 30.6 Å². The highest BCUT2D eigenvalue weighted by Crippen LogP contribution is 2.28. The number of esters is 1. The number of rotatable bonds is 5. The van der Waals surface area contributed by atoms with Crippen LogP contribution in [0.3, 0.4) is 0 Å². The van der Waals surface area contributed by atoms with Gasteiger partial charge >= 0.3 is 11.6 Å². The molecule has 2 heterocycles. The summed E-state index contributed by atoms with van der Waals surface area (Å²) in [5.74, 6) is -0.240. The Morgan fingerprint density at radius 2 is 2.12 bits per heavy atom. The number of fused-ring (bicyclic) bond motifs is 1. The van der Waals surface area contributed by atoms with Crippen molar-refractivity contribution in [2.75, 3.05) is 19.7 Å². The third-order valence-electron chi connectivity index (χ3n) is 4.90. The van der Waals surface area contributed by atoms with Crippen molar-refractivity contribution in [3.05, 3.63) is 44.8 Å². The maximum Gasteiger partial charge on any atom is 0.336 e. The minimum absolute atomic E-state index is 0.106. The standard InChI is InChI=1S/C20H24ClNO4/c1-3-13-8-18-16(10-17(13)21)15(9-19(23)26-18)12-22-7-5-6-14(11-22)20(24)25-4-2/h8-10,14H,3-7,11-12H2,1-2H3. The van der Waals surface area contributed by atoms with Gasteiger partial charge in [0.25, 0.3) is 0 Å². The second-order valence-electron chi connectivity index (χ2n) is 6.71.